The van der Waals surface area contributed by atoms with E-state index in [4.69, 9.17) is 0 Å². The minimum absolute atomic E-state index is 0.0108. The highest BCUT2D eigenvalue weighted by molar-refractivity contribution is 8.00. The quantitative estimate of drug-likeness (QED) is 0.543. The number of hydrogen-bond acceptors (Lipinski definition) is 1. The molecule has 0 aliphatic carbocycles. The molecule has 1 N–H and O–H groups in total. The van der Waals surface area contributed by atoms with E-state index < -0.39 is 39.9 Å². The van der Waals surface area contributed by atoms with Crippen molar-refractivity contribution in [3.63, 3.8) is 0 Å². The van der Waals surface area contributed by atoms with Crippen LogP contribution in [0.3, 0.4) is 0 Å². The molecule has 0 fully saturated rings. The van der Waals surface area contributed by atoms with Crippen LogP contribution in [0.1, 0.15) is 0 Å². The molecule has 0 saturated heterocycles. The number of halogens is 9. The van der Waals surface area contributed by atoms with E-state index in [1.807, 2.05) is 0 Å². The maximum Gasteiger partial charge on any atom is 0.460 e. The summed E-state index contributed by atoms with van der Waals surface area (Å²) in [6.07, 6.45) is -5.99. The highest BCUT2D eigenvalue weighted by Gasteiger charge is 2.82. The van der Waals surface area contributed by atoms with Gasteiger partial charge in [0.25, 0.3) is 0 Å². The average molecular weight is 367 g/mol. The van der Waals surface area contributed by atoms with E-state index in [0.29, 0.717) is 0 Å². The lowest BCUT2D eigenvalue weighted by atomic mass is 10.1. The van der Waals surface area contributed by atoms with Crippen molar-refractivity contribution < 1.29 is 39.5 Å². The van der Waals surface area contributed by atoms with Gasteiger partial charge in [0.2, 0.25) is 0 Å². The Balaban J connectivity index is 2.41. The van der Waals surface area contributed by atoms with Crippen LogP contribution in [0.2, 0.25) is 0 Å². The molecule has 2 aromatic rings. The number of hydrogen-bond donors (Lipinski definition) is 1. The Bertz CT molecular complexity index is 704. The molecule has 2 rings (SSSR count). The van der Waals surface area contributed by atoms with Crippen molar-refractivity contribution in [1.82, 2.24) is 4.98 Å². The highest BCUT2D eigenvalue weighted by Crippen LogP contribution is 2.58. The molecule has 1 aromatic heterocycles. The van der Waals surface area contributed by atoms with Crippen LogP contribution in [0.5, 0.6) is 0 Å². The third-order valence-electron chi connectivity index (χ3n) is 2.91. The number of rotatable bonds is 4. The molecule has 0 atom stereocenters. The first-order valence-electron chi connectivity index (χ1n) is 5.76. The molecular weight excluding hydrogens is 361 g/mol. The van der Waals surface area contributed by atoms with E-state index in [2.05, 4.69) is 4.98 Å². The highest BCUT2D eigenvalue weighted by atomic mass is 32.2. The summed E-state index contributed by atoms with van der Waals surface area (Å²) >= 11 is -1.06. The van der Waals surface area contributed by atoms with Crippen LogP contribution in [-0.2, 0) is 0 Å². The second-order valence-electron chi connectivity index (χ2n) is 4.46. The Kier molecular flexibility index (Phi) is 4.07. The maximum atomic E-state index is 13.5. The van der Waals surface area contributed by atoms with Gasteiger partial charge in [0.1, 0.15) is 0 Å². The first kappa shape index (κ1) is 17.8. The van der Waals surface area contributed by atoms with E-state index in [9.17, 15) is 39.5 Å². The summed E-state index contributed by atoms with van der Waals surface area (Å²) in [5.41, 5.74) is 0.233. The Hall–Kier alpha value is -1.52. The minimum Gasteiger partial charge on any atom is -0.360 e. The third-order valence-corrected chi connectivity index (χ3v) is 3.98. The third kappa shape index (κ3) is 2.74. The molecule has 0 saturated carbocycles. The van der Waals surface area contributed by atoms with Crippen molar-refractivity contribution in [2.24, 2.45) is 0 Å². The molecule has 1 nitrogen and oxygen atoms in total. The minimum atomic E-state index is -6.89. The molecule has 11 heteroatoms. The van der Waals surface area contributed by atoms with Crippen LogP contribution in [0.25, 0.3) is 10.9 Å². The van der Waals surface area contributed by atoms with Gasteiger partial charge < -0.3 is 4.98 Å². The van der Waals surface area contributed by atoms with E-state index in [0.717, 1.165) is 6.20 Å². The van der Waals surface area contributed by atoms with Crippen LogP contribution >= 0.6 is 11.8 Å². The molecule has 0 unspecified atom stereocenters. The lowest BCUT2D eigenvalue weighted by Gasteiger charge is -2.32. The summed E-state index contributed by atoms with van der Waals surface area (Å²) in [6, 6.07) is 5.46. The van der Waals surface area contributed by atoms with Gasteiger partial charge in [0.15, 0.2) is 0 Å². The molecule has 128 valence electrons. The molecule has 1 heterocycles. The standard InChI is InChI=1S/C12H6F9NS/c13-9(14,11(17,18)19)10(15,16)12(20,21)23-8-5-22-7-4-2-1-3-6(7)8/h1-5,22H. The van der Waals surface area contributed by atoms with Crippen LogP contribution in [-0.4, -0.2) is 28.3 Å². The van der Waals surface area contributed by atoms with Crippen molar-refractivity contribution in [2.45, 2.75) is 28.2 Å². The smallest absolute Gasteiger partial charge is 0.360 e. The predicted octanol–water partition coefficient (Wildman–Crippen LogP) is 5.69. The Morgan fingerprint density at radius 2 is 1.35 bits per heavy atom. The van der Waals surface area contributed by atoms with E-state index in [1.54, 1.807) is 0 Å². The zero-order chi connectivity index (χ0) is 17.7. The SMILES string of the molecule is FC(F)(F)C(F)(F)C(F)(F)C(F)(F)Sc1c[nH]c2ccccc12. The fourth-order valence-corrected chi connectivity index (χ4v) is 2.63. The van der Waals surface area contributed by atoms with Gasteiger partial charge >= 0.3 is 23.3 Å². The monoisotopic (exact) mass is 367 g/mol. The van der Waals surface area contributed by atoms with Crippen LogP contribution in [0, 0.1) is 0 Å². The lowest BCUT2D eigenvalue weighted by Crippen LogP contribution is -2.59. The van der Waals surface area contributed by atoms with Gasteiger partial charge in [-0.25, -0.2) is 0 Å². The second kappa shape index (κ2) is 5.25. The van der Waals surface area contributed by atoms with E-state index >= 15 is 0 Å². The van der Waals surface area contributed by atoms with Crippen LogP contribution in [0.15, 0.2) is 35.4 Å². The van der Waals surface area contributed by atoms with Crippen molar-refractivity contribution in [2.75, 3.05) is 0 Å². The molecule has 0 spiro atoms. The summed E-state index contributed by atoms with van der Waals surface area (Å²) in [7, 11) is 0. The lowest BCUT2D eigenvalue weighted by molar-refractivity contribution is -0.381. The van der Waals surface area contributed by atoms with Gasteiger partial charge in [-0.2, -0.15) is 39.5 Å². The van der Waals surface area contributed by atoms with Gasteiger partial charge in [0, 0.05) is 22.0 Å². The normalized spacial score (nSPS) is 14.5. The Labute approximate surface area is 126 Å². The van der Waals surface area contributed by atoms with Crippen molar-refractivity contribution in [1.29, 1.82) is 0 Å². The van der Waals surface area contributed by atoms with Gasteiger partial charge in [-0.1, -0.05) is 18.2 Å². The first-order valence-corrected chi connectivity index (χ1v) is 6.58. The van der Waals surface area contributed by atoms with Gasteiger partial charge in [-0.05, 0) is 17.8 Å². The fraction of sp³-hybridized carbons (Fsp3) is 0.333. The summed E-state index contributed by atoms with van der Waals surface area (Å²) in [4.78, 5) is 1.84. The largest absolute Gasteiger partial charge is 0.460 e. The van der Waals surface area contributed by atoms with Crippen LogP contribution in [0.4, 0.5) is 39.5 Å². The summed E-state index contributed by atoms with van der Waals surface area (Å²) in [5.74, 6) is -13.5. The molecular formula is C12H6F9NS. The van der Waals surface area contributed by atoms with Gasteiger partial charge in [0.05, 0.1) is 0 Å². The predicted molar refractivity (Wildman–Crippen MR) is 65.1 cm³/mol. The molecule has 0 aliphatic rings. The maximum absolute atomic E-state index is 13.5. The van der Waals surface area contributed by atoms with E-state index in [-0.39, 0.29) is 10.9 Å². The zero-order valence-corrected chi connectivity index (χ0v) is 11.5. The number of aromatic nitrogens is 1. The number of fused-ring (bicyclic) bond motifs is 1. The Morgan fingerprint density at radius 1 is 0.783 bits per heavy atom. The van der Waals surface area contributed by atoms with Crippen LogP contribution < -0.4 is 0 Å². The number of alkyl halides is 9. The van der Waals surface area contributed by atoms with Gasteiger partial charge in [-0.15, -0.1) is 0 Å². The van der Waals surface area contributed by atoms with Crippen molar-refractivity contribution >= 4 is 22.7 Å². The second-order valence-corrected chi connectivity index (χ2v) is 5.62. The van der Waals surface area contributed by atoms with E-state index in [1.165, 1.54) is 24.3 Å². The number of para-hydroxylation sites is 1. The fourth-order valence-electron chi connectivity index (χ4n) is 1.69. The average Bonchev–Trinajstić information content (AvgIpc) is 2.80. The number of H-pyrrole nitrogens is 1. The van der Waals surface area contributed by atoms with Crippen molar-refractivity contribution in [3.05, 3.63) is 30.5 Å². The topological polar surface area (TPSA) is 15.8 Å². The van der Waals surface area contributed by atoms with Gasteiger partial charge in [-0.3, -0.25) is 0 Å². The number of thioether (sulfide) groups is 1. The molecule has 0 radical (unpaired) electrons. The summed E-state index contributed by atoms with van der Waals surface area (Å²) in [6.45, 7) is 0. The molecule has 1 aromatic carbocycles. The summed E-state index contributed by atoms with van der Waals surface area (Å²) < 4.78 is 115. The molecule has 0 amide bonds. The number of nitrogens with one attached hydrogen (secondary N) is 1. The number of aromatic amines is 1. The van der Waals surface area contributed by atoms with Crippen molar-refractivity contribution in [3.8, 4) is 0 Å². The molecule has 23 heavy (non-hydrogen) atoms. The molecule has 0 aliphatic heterocycles. The molecule has 0 bridgehead atoms. The first-order chi connectivity index (χ1) is 10.3. The Morgan fingerprint density at radius 3 is 1.91 bits per heavy atom. The zero-order valence-electron chi connectivity index (χ0n) is 10.7. The summed E-state index contributed by atoms with van der Waals surface area (Å²) in [5, 5.41) is -5.71. The number of benzene rings is 1.